The molecule has 1 fully saturated rings. The van der Waals surface area contributed by atoms with Gasteiger partial charge in [-0.15, -0.1) is 0 Å². The van der Waals surface area contributed by atoms with E-state index in [1.165, 1.54) is 24.6 Å². The van der Waals surface area contributed by atoms with Gasteiger partial charge < -0.3 is 9.64 Å². The third kappa shape index (κ3) is 3.72. The molecule has 3 nitrogen and oxygen atoms in total. The Hall–Kier alpha value is -1.10. The first-order valence-corrected chi connectivity index (χ1v) is 7.78. The lowest BCUT2D eigenvalue weighted by molar-refractivity contribution is -0.137. The highest BCUT2D eigenvalue weighted by molar-refractivity contribution is 9.10. The van der Waals surface area contributed by atoms with Gasteiger partial charge in [-0.3, -0.25) is 4.79 Å². The van der Waals surface area contributed by atoms with Gasteiger partial charge in [0.15, 0.2) is 6.61 Å². The van der Waals surface area contributed by atoms with E-state index in [2.05, 4.69) is 22.9 Å². The van der Waals surface area contributed by atoms with Gasteiger partial charge in [0.05, 0.1) is 4.47 Å². The number of likely N-dealkylation sites (tertiary alicyclic amines) is 1. The van der Waals surface area contributed by atoms with E-state index in [-0.39, 0.29) is 18.3 Å². The number of hydrogen-bond donors (Lipinski definition) is 0. The van der Waals surface area contributed by atoms with Gasteiger partial charge in [-0.25, -0.2) is 4.39 Å². The van der Waals surface area contributed by atoms with Crippen molar-refractivity contribution in [3.63, 3.8) is 0 Å². The van der Waals surface area contributed by atoms with Crippen LogP contribution in [0.15, 0.2) is 22.7 Å². The largest absolute Gasteiger partial charge is 0.483 e. The molecular weight excluding hydrogens is 325 g/mol. The maximum atomic E-state index is 13.0. The van der Waals surface area contributed by atoms with Crippen molar-refractivity contribution in [3.05, 3.63) is 28.5 Å². The van der Waals surface area contributed by atoms with E-state index in [0.29, 0.717) is 16.3 Å². The van der Waals surface area contributed by atoms with Crippen molar-refractivity contribution in [3.8, 4) is 5.75 Å². The van der Waals surface area contributed by atoms with Gasteiger partial charge in [0.1, 0.15) is 11.6 Å². The standard InChI is InChI=1S/C15H19BrFNO2/c1-2-12-5-3-4-8-18(12)15(19)10-20-14-7-6-11(17)9-13(14)16/h6-7,9,12H,2-5,8,10H2,1H3. The number of rotatable bonds is 4. The first kappa shape index (κ1) is 15.3. The summed E-state index contributed by atoms with van der Waals surface area (Å²) in [7, 11) is 0. The van der Waals surface area contributed by atoms with Crippen LogP contribution in [0.2, 0.25) is 0 Å². The monoisotopic (exact) mass is 343 g/mol. The van der Waals surface area contributed by atoms with Crippen molar-refractivity contribution in [2.75, 3.05) is 13.2 Å². The average Bonchev–Trinajstić information content (AvgIpc) is 2.46. The van der Waals surface area contributed by atoms with E-state index in [4.69, 9.17) is 4.74 Å². The SMILES string of the molecule is CCC1CCCCN1C(=O)COc1ccc(F)cc1Br. The summed E-state index contributed by atoms with van der Waals surface area (Å²) in [5, 5.41) is 0. The number of ether oxygens (including phenoxy) is 1. The van der Waals surface area contributed by atoms with Crippen LogP contribution in [0, 0.1) is 5.82 Å². The fourth-order valence-electron chi connectivity index (χ4n) is 2.57. The number of carbonyl (C=O) groups is 1. The van der Waals surface area contributed by atoms with Crippen molar-refractivity contribution in [1.29, 1.82) is 0 Å². The van der Waals surface area contributed by atoms with Crippen LogP contribution in [0.25, 0.3) is 0 Å². The first-order valence-electron chi connectivity index (χ1n) is 6.99. The molecule has 1 saturated heterocycles. The zero-order valence-corrected chi connectivity index (χ0v) is 13.2. The van der Waals surface area contributed by atoms with Crippen LogP contribution in [0.3, 0.4) is 0 Å². The van der Waals surface area contributed by atoms with E-state index in [0.717, 1.165) is 25.8 Å². The second-order valence-corrected chi connectivity index (χ2v) is 5.86. The molecule has 0 aliphatic carbocycles. The maximum Gasteiger partial charge on any atom is 0.260 e. The molecule has 0 spiro atoms. The van der Waals surface area contributed by atoms with Crippen LogP contribution < -0.4 is 4.74 Å². The Morgan fingerprint density at radius 2 is 2.30 bits per heavy atom. The van der Waals surface area contributed by atoms with Crippen LogP contribution in [-0.2, 0) is 4.79 Å². The number of amides is 1. The van der Waals surface area contributed by atoms with Crippen LogP contribution >= 0.6 is 15.9 Å². The predicted molar refractivity (Wildman–Crippen MR) is 79.2 cm³/mol. The molecule has 0 aromatic heterocycles. The summed E-state index contributed by atoms with van der Waals surface area (Å²) in [6.07, 6.45) is 4.30. The summed E-state index contributed by atoms with van der Waals surface area (Å²) in [6, 6.07) is 4.51. The molecule has 110 valence electrons. The molecule has 1 amide bonds. The van der Waals surface area contributed by atoms with Crippen molar-refractivity contribution in [2.24, 2.45) is 0 Å². The lowest BCUT2D eigenvalue weighted by atomic mass is 10.00. The molecular formula is C15H19BrFNO2. The van der Waals surface area contributed by atoms with Gasteiger partial charge in [-0.1, -0.05) is 6.92 Å². The summed E-state index contributed by atoms with van der Waals surface area (Å²) in [6.45, 7) is 2.92. The van der Waals surface area contributed by atoms with E-state index in [9.17, 15) is 9.18 Å². The van der Waals surface area contributed by atoms with Gasteiger partial charge in [-0.2, -0.15) is 0 Å². The highest BCUT2D eigenvalue weighted by Gasteiger charge is 2.25. The van der Waals surface area contributed by atoms with E-state index in [1.54, 1.807) is 0 Å². The Balaban J connectivity index is 1.94. The molecule has 1 aliphatic heterocycles. The number of hydrogen-bond acceptors (Lipinski definition) is 2. The summed E-state index contributed by atoms with van der Waals surface area (Å²) in [5.74, 6) is 0.162. The van der Waals surface area contributed by atoms with Gasteiger partial charge in [0.25, 0.3) is 5.91 Å². The Morgan fingerprint density at radius 1 is 1.50 bits per heavy atom. The number of benzene rings is 1. The third-order valence-electron chi connectivity index (χ3n) is 3.66. The molecule has 1 aromatic rings. The van der Waals surface area contributed by atoms with E-state index < -0.39 is 0 Å². The van der Waals surface area contributed by atoms with E-state index in [1.807, 2.05) is 4.90 Å². The minimum atomic E-state index is -0.336. The molecule has 0 N–H and O–H groups in total. The highest BCUT2D eigenvalue weighted by Crippen LogP contribution is 2.26. The molecule has 0 saturated carbocycles. The average molecular weight is 344 g/mol. The zero-order valence-electron chi connectivity index (χ0n) is 11.6. The van der Waals surface area contributed by atoms with Gasteiger partial charge in [-0.05, 0) is 59.8 Å². The third-order valence-corrected chi connectivity index (χ3v) is 4.28. The number of carbonyl (C=O) groups excluding carboxylic acids is 1. The molecule has 1 aromatic carbocycles. The number of piperidine rings is 1. The number of nitrogens with zero attached hydrogens (tertiary/aromatic N) is 1. The summed E-state index contributed by atoms with van der Waals surface area (Å²) in [5.41, 5.74) is 0. The maximum absolute atomic E-state index is 13.0. The van der Waals surface area contributed by atoms with E-state index >= 15 is 0 Å². The van der Waals surface area contributed by atoms with Crippen molar-refractivity contribution in [1.82, 2.24) is 4.90 Å². The smallest absolute Gasteiger partial charge is 0.260 e. The Bertz CT molecular complexity index is 481. The lowest BCUT2D eigenvalue weighted by Crippen LogP contribution is -2.45. The fourth-order valence-corrected chi connectivity index (χ4v) is 3.03. The Kier molecular flexibility index (Phi) is 5.40. The molecule has 0 bridgehead atoms. The van der Waals surface area contributed by atoms with Crippen LogP contribution in [0.1, 0.15) is 32.6 Å². The van der Waals surface area contributed by atoms with Gasteiger partial charge in [0.2, 0.25) is 0 Å². The zero-order chi connectivity index (χ0) is 14.5. The minimum absolute atomic E-state index is 0.000727. The number of halogens is 2. The molecule has 1 aliphatic rings. The fraction of sp³-hybridized carbons (Fsp3) is 0.533. The second kappa shape index (κ2) is 7.07. The van der Waals surface area contributed by atoms with Gasteiger partial charge in [0, 0.05) is 12.6 Å². The molecule has 2 rings (SSSR count). The molecule has 0 radical (unpaired) electrons. The Morgan fingerprint density at radius 3 is 3.00 bits per heavy atom. The lowest BCUT2D eigenvalue weighted by Gasteiger charge is -2.35. The van der Waals surface area contributed by atoms with Crippen molar-refractivity contribution < 1.29 is 13.9 Å². The summed E-state index contributed by atoms with van der Waals surface area (Å²) < 4.78 is 19.0. The Labute approximate surface area is 127 Å². The molecule has 1 atom stereocenters. The molecule has 5 heteroatoms. The summed E-state index contributed by atoms with van der Waals surface area (Å²) in [4.78, 5) is 14.1. The first-order chi connectivity index (χ1) is 9.61. The molecule has 20 heavy (non-hydrogen) atoms. The minimum Gasteiger partial charge on any atom is -0.483 e. The summed E-state index contributed by atoms with van der Waals surface area (Å²) >= 11 is 3.23. The highest BCUT2D eigenvalue weighted by atomic mass is 79.9. The van der Waals surface area contributed by atoms with Gasteiger partial charge >= 0.3 is 0 Å². The van der Waals surface area contributed by atoms with Crippen molar-refractivity contribution >= 4 is 21.8 Å². The van der Waals surface area contributed by atoms with Crippen molar-refractivity contribution in [2.45, 2.75) is 38.6 Å². The quantitative estimate of drug-likeness (QED) is 0.832. The van der Waals surface area contributed by atoms with Crippen LogP contribution in [0.5, 0.6) is 5.75 Å². The second-order valence-electron chi connectivity index (χ2n) is 5.01. The molecule has 1 unspecified atom stereocenters. The predicted octanol–water partition coefficient (Wildman–Crippen LogP) is 3.76. The van der Waals surface area contributed by atoms with Crippen LogP contribution in [-0.4, -0.2) is 30.0 Å². The topological polar surface area (TPSA) is 29.5 Å². The normalized spacial score (nSPS) is 18.9. The molecule has 1 heterocycles. The van der Waals surface area contributed by atoms with Crippen LogP contribution in [0.4, 0.5) is 4.39 Å².